The molecule has 1 aliphatic rings. The SMILES string of the molecule is Cc1cc(Cl)c([N+](=O)[O-])cc1S(=O)(=O)NC1(C)CCC1. The highest BCUT2D eigenvalue weighted by Crippen LogP contribution is 2.35. The Balaban J connectivity index is 2.45. The van der Waals surface area contributed by atoms with Crippen LogP contribution >= 0.6 is 11.6 Å². The van der Waals surface area contributed by atoms with Crippen molar-refractivity contribution in [2.24, 2.45) is 0 Å². The zero-order chi connectivity index (χ0) is 15.1. The van der Waals surface area contributed by atoms with Gasteiger partial charge in [0.1, 0.15) is 5.02 Å². The molecule has 8 heteroatoms. The number of sulfonamides is 1. The predicted molar refractivity (Wildman–Crippen MR) is 75.4 cm³/mol. The van der Waals surface area contributed by atoms with E-state index >= 15 is 0 Å². The van der Waals surface area contributed by atoms with Crippen LogP contribution < -0.4 is 4.72 Å². The molecule has 0 spiro atoms. The van der Waals surface area contributed by atoms with E-state index in [0.29, 0.717) is 5.56 Å². The smallest absolute Gasteiger partial charge is 0.258 e. The third-order valence-corrected chi connectivity index (χ3v) is 5.65. The number of nitrogens with zero attached hydrogens (tertiary/aromatic N) is 1. The summed E-state index contributed by atoms with van der Waals surface area (Å²) in [5, 5.41) is 10.8. The van der Waals surface area contributed by atoms with Crippen molar-refractivity contribution >= 4 is 27.3 Å². The van der Waals surface area contributed by atoms with Gasteiger partial charge in [0.25, 0.3) is 5.69 Å². The first-order valence-electron chi connectivity index (χ1n) is 6.13. The van der Waals surface area contributed by atoms with Crippen molar-refractivity contribution in [1.29, 1.82) is 0 Å². The zero-order valence-electron chi connectivity index (χ0n) is 11.1. The molecule has 0 amide bonds. The molecule has 1 fully saturated rings. The summed E-state index contributed by atoms with van der Waals surface area (Å²) in [4.78, 5) is 10.1. The van der Waals surface area contributed by atoms with Crippen LogP contribution in [-0.4, -0.2) is 18.9 Å². The first-order chi connectivity index (χ1) is 9.15. The van der Waals surface area contributed by atoms with Crippen molar-refractivity contribution < 1.29 is 13.3 Å². The van der Waals surface area contributed by atoms with E-state index in [-0.39, 0.29) is 9.92 Å². The maximum atomic E-state index is 12.4. The number of halogens is 1. The summed E-state index contributed by atoms with van der Waals surface area (Å²) in [5.41, 5.74) is -0.480. The summed E-state index contributed by atoms with van der Waals surface area (Å²) in [6.45, 7) is 3.39. The van der Waals surface area contributed by atoms with E-state index in [0.717, 1.165) is 25.3 Å². The molecular formula is C12H15ClN2O4S. The van der Waals surface area contributed by atoms with Gasteiger partial charge in [-0.2, -0.15) is 0 Å². The zero-order valence-corrected chi connectivity index (χ0v) is 12.7. The average Bonchev–Trinajstić information content (AvgIpc) is 2.25. The lowest BCUT2D eigenvalue weighted by molar-refractivity contribution is -0.384. The molecule has 0 bridgehead atoms. The second-order valence-corrected chi connectivity index (χ2v) is 7.40. The van der Waals surface area contributed by atoms with Crippen LogP contribution in [0.2, 0.25) is 5.02 Å². The van der Waals surface area contributed by atoms with E-state index in [1.807, 2.05) is 6.92 Å². The van der Waals surface area contributed by atoms with E-state index in [1.54, 1.807) is 6.92 Å². The van der Waals surface area contributed by atoms with Crippen LogP contribution in [0.3, 0.4) is 0 Å². The quantitative estimate of drug-likeness (QED) is 0.682. The van der Waals surface area contributed by atoms with Gasteiger partial charge in [-0.3, -0.25) is 10.1 Å². The van der Waals surface area contributed by atoms with Gasteiger partial charge in [-0.25, -0.2) is 13.1 Å². The average molecular weight is 319 g/mol. The third kappa shape index (κ3) is 2.79. The number of nitro groups is 1. The molecule has 0 atom stereocenters. The summed E-state index contributed by atoms with van der Waals surface area (Å²) < 4.78 is 27.4. The minimum absolute atomic E-state index is 0.0682. The molecule has 0 aromatic heterocycles. The van der Waals surface area contributed by atoms with Crippen molar-refractivity contribution in [3.8, 4) is 0 Å². The number of hydrogen-bond donors (Lipinski definition) is 1. The fourth-order valence-electron chi connectivity index (χ4n) is 2.26. The maximum absolute atomic E-state index is 12.4. The minimum atomic E-state index is -3.80. The van der Waals surface area contributed by atoms with Gasteiger partial charge in [-0.15, -0.1) is 0 Å². The van der Waals surface area contributed by atoms with Gasteiger partial charge >= 0.3 is 0 Å². The first-order valence-corrected chi connectivity index (χ1v) is 7.99. The van der Waals surface area contributed by atoms with E-state index in [9.17, 15) is 18.5 Å². The molecule has 0 unspecified atom stereocenters. The van der Waals surface area contributed by atoms with E-state index in [2.05, 4.69) is 4.72 Å². The van der Waals surface area contributed by atoms with Crippen molar-refractivity contribution in [1.82, 2.24) is 4.72 Å². The van der Waals surface area contributed by atoms with E-state index in [4.69, 9.17) is 11.6 Å². The second kappa shape index (κ2) is 4.98. The Kier molecular flexibility index (Phi) is 3.79. The van der Waals surface area contributed by atoms with Crippen LogP contribution in [0.25, 0.3) is 0 Å². The Labute approximate surface area is 122 Å². The molecular weight excluding hydrogens is 304 g/mol. The Morgan fingerprint density at radius 3 is 2.45 bits per heavy atom. The standard InChI is InChI=1S/C12H15ClN2O4S/c1-8-6-9(13)10(15(16)17)7-11(8)20(18,19)14-12(2)4-3-5-12/h6-7,14H,3-5H2,1-2H3. The molecule has 2 rings (SSSR count). The Hall–Kier alpha value is -1.18. The molecule has 1 saturated carbocycles. The highest BCUT2D eigenvalue weighted by atomic mass is 35.5. The van der Waals surface area contributed by atoms with E-state index < -0.39 is 26.2 Å². The highest BCUT2D eigenvalue weighted by Gasteiger charge is 2.37. The Morgan fingerprint density at radius 2 is 2.00 bits per heavy atom. The summed E-state index contributed by atoms with van der Waals surface area (Å²) >= 11 is 5.76. The first kappa shape index (κ1) is 15.2. The lowest BCUT2D eigenvalue weighted by atomic mass is 9.80. The third-order valence-electron chi connectivity index (χ3n) is 3.57. The molecule has 6 nitrogen and oxygen atoms in total. The van der Waals surface area contributed by atoms with Crippen molar-refractivity contribution in [2.75, 3.05) is 0 Å². The number of nitrogens with one attached hydrogen (secondary N) is 1. The lowest BCUT2D eigenvalue weighted by Crippen LogP contribution is -2.50. The summed E-state index contributed by atoms with van der Waals surface area (Å²) in [6.07, 6.45) is 2.50. The van der Waals surface area contributed by atoms with Crippen molar-refractivity contribution in [2.45, 2.75) is 43.5 Å². The molecule has 1 aromatic carbocycles. The van der Waals surface area contributed by atoms with Gasteiger partial charge < -0.3 is 0 Å². The van der Waals surface area contributed by atoms with Crippen LogP contribution in [0.1, 0.15) is 31.7 Å². The molecule has 110 valence electrons. The highest BCUT2D eigenvalue weighted by molar-refractivity contribution is 7.89. The molecule has 20 heavy (non-hydrogen) atoms. The van der Waals surface area contributed by atoms with Crippen LogP contribution in [0.5, 0.6) is 0 Å². The van der Waals surface area contributed by atoms with Crippen molar-refractivity contribution in [3.63, 3.8) is 0 Å². The monoisotopic (exact) mass is 318 g/mol. The van der Waals surface area contributed by atoms with E-state index in [1.165, 1.54) is 6.07 Å². The van der Waals surface area contributed by atoms with Gasteiger partial charge in [0.05, 0.1) is 9.82 Å². The molecule has 0 saturated heterocycles. The van der Waals surface area contributed by atoms with Gasteiger partial charge in [0, 0.05) is 11.6 Å². The Morgan fingerprint density at radius 1 is 1.40 bits per heavy atom. The normalized spacial score (nSPS) is 17.6. The molecule has 1 aliphatic carbocycles. The molecule has 0 heterocycles. The van der Waals surface area contributed by atoms with Gasteiger partial charge in [-0.05, 0) is 44.7 Å². The topological polar surface area (TPSA) is 89.3 Å². The van der Waals surface area contributed by atoms with Crippen LogP contribution in [-0.2, 0) is 10.0 Å². The maximum Gasteiger partial charge on any atom is 0.289 e. The molecule has 0 radical (unpaired) electrons. The second-order valence-electron chi connectivity index (χ2n) is 5.35. The largest absolute Gasteiger partial charge is 0.289 e. The number of benzene rings is 1. The van der Waals surface area contributed by atoms with Crippen molar-refractivity contribution in [3.05, 3.63) is 32.8 Å². The molecule has 1 N–H and O–H groups in total. The minimum Gasteiger partial charge on any atom is -0.258 e. The lowest BCUT2D eigenvalue weighted by Gasteiger charge is -2.38. The molecule has 0 aliphatic heterocycles. The molecule has 1 aromatic rings. The van der Waals surface area contributed by atoms with Gasteiger partial charge in [-0.1, -0.05) is 11.6 Å². The number of nitro benzene ring substituents is 1. The van der Waals surface area contributed by atoms with Gasteiger partial charge in [0.15, 0.2) is 0 Å². The summed E-state index contributed by atoms with van der Waals surface area (Å²) in [5.74, 6) is 0. The fraction of sp³-hybridized carbons (Fsp3) is 0.500. The number of aryl methyl sites for hydroxylation is 1. The summed E-state index contributed by atoms with van der Waals surface area (Å²) in [7, 11) is -3.80. The van der Waals surface area contributed by atoms with Gasteiger partial charge in [0.2, 0.25) is 10.0 Å². The fourth-order valence-corrected chi connectivity index (χ4v) is 4.26. The van der Waals surface area contributed by atoms with Crippen LogP contribution in [0, 0.1) is 17.0 Å². The number of rotatable bonds is 4. The summed E-state index contributed by atoms with van der Waals surface area (Å²) in [6, 6.07) is 2.32. The number of hydrogen-bond acceptors (Lipinski definition) is 4. The van der Waals surface area contributed by atoms with Crippen LogP contribution in [0.4, 0.5) is 5.69 Å². The Bertz CT molecular complexity index is 668. The van der Waals surface area contributed by atoms with Crippen LogP contribution in [0.15, 0.2) is 17.0 Å². The predicted octanol–water partition coefficient (Wildman–Crippen LogP) is 2.78.